The van der Waals surface area contributed by atoms with Gasteiger partial charge in [0.25, 0.3) is 5.56 Å². The summed E-state index contributed by atoms with van der Waals surface area (Å²) in [6, 6.07) is 9.26. The Hall–Kier alpha value is -2.41. The third-order valence-electron chi connectivity index (χ3n) is 2.68. The smallest absolute Gasteiger partial charge is 0.251 e. The maximum atomic E-state index is 13.0. The second kappa shape index (κ2) is 4.84. The maximum Gasteiger partial charge on any atom is 0.251 e. The van der Waals surface area contributed by atoms with Crippen LogP contribution < -0.4 is 5.56 Å². The van der Waals surface area contributed by atoms with Crippen molar-refractivity contribution in [1.82, 2.24) is 4.57 Å². The Morgan fingerprint density at radius 3 is 2.78 bits per heavy atom. The van der Waals surface area contributed by atoms with Gasteiger partial charge >= 0.3 is 0 Å². The van der Waals surface area contributed by atoms with Crippen molar-refractivity contribution in [1.29, 1.82) is 5.26 Å². The van der Waals surface area contributed by atoms with Crippen molar-refractivity contribution < 1.29 is 4.39 Å². The van der Waals surface area contributed by atoms with Gasteiger partial charge < -0.3 is 4.57 Å². The molecule has 2 aromatic rings. The first kappa shape index (κ1) is 12.1. The van der Waals surface area contributed by atoms with Gasteiger partial charge in [-0.25, -0.2) is 4.39 Å². The van der Waals surface area contributed by atoms with Crippen molar-refractivity contribution in [3.8, 4) is 6.07 Å². The lowest BCUT2D eigenvalue weighted by atomic mass is 10.1. The number of nitriles is 1. The zero-order chi connectivity index (χ0) is 13.1. The number of halogens is 1. The molecule has 0 atom stereocenters. The van der Waals surface area contributed by atoms with Gasteiger partial charge in [-0.15, -0.1) is 0 Å². The Labute approximate surface area is 104 Å². The molecule has 90 valence electrons. The lowest BCUT2D eigenvalue weighted by molar-refractivity contribution is 0.625. The molecule has 0 aliphatic carbocycles. The van der Waals surface area contributed by atoms with E-state index in [-0.39, 0.29) is 17.7 Å². The molecular formula is C14H11FN2O. The van der Waals surface area contributed by atoms with Crippen LogP contribution in [0.1, 0.15) is 16.7 Å². The van der Waals surface area contributed by atoms with Crippen LogP contribution in [0.2, 0.25) is 0 Å². The van der Waals surface area contributed by atoms with Crippen LogP contribution in [0.15, 0.2) is 41.3 Å². The van der Waals surface area contributed by atoms with Gasteiger partial charge in [0.15, 0.2) is 0 Å². The molecule has 0 aliphatic rings. The number of hydrogen-bond donors (Lipinski definition) is 0. The number of pyridine rings is 1. The van der Waals surface area contributed by atoms with E-state index in [4.69, 9.17) is 5.26 Å². The van der Waals surface area contributed by atoms with Crippen LogP contribution in [0.5, 0.6) is 0 Å². The average molecular weight is 242 g/mol. The minimum Gasteiger partial charge on any atom is -0.311 e. The molecular weight excluding hydrogens is 231 g/mol. The van der Waals surface area contributed by atoms with E-state index in [0.717, 1.165) is 5.56 Å². The van der Waals surface area contributed by atoms with Crippen LogP contribution in [-0.2, 0) is 6.54 Å². The van der Waals surface area contributed by atoms with E-state index in [1.165, 1.54) is 28.8 Å². The second-order valence-corrected chi connectivity index (χ2v) is 4.08. The van der Waals surface area contributed by atoms with Crippen molar-refractivity contribution >= 4 is 0 Å². The van der Waals surface area contributed by atoms with Gasteiger partial charge in [0.05, 0.1) is 18.2 Å². The summed E-state index contributed by atoms with van der Waals surface area (Å²) in [6.45, 7) is 2.10. The lowest BCUT2D eigenvalue weighted by Crippen LogP contribution is -2.19. The zero-order valence-corrected chi connectivity index (χ0v) is 9.85. The molecule has 3 nitrogen and oxygen atoms in total. The van der Waals surface area contributed by atoms with Gasteiger partial charge in [-0.3, -0.25) is 4.79 Å². The van der Waals surface area contributed by atoms with Gasteiger partial charge in [0.1, 0.15) is 5.82 Å². The summed E-state index contributed by atoms with van der Waals surface area (Å²) in [7, 11) is 0. The van der Waals surface area contributed by atoms with Gasteiger partial charge in [-0.2, -0.15) is 5.26 Å². The van der Waals surface area contributed by atoms with Crippen LogP contribution in [0.4, 0.5) is 4.39 Å². The van der Waals surface area contributed by atoms with Crippen LogP contribution in [0.3, 0.4) is 0 Å². The molecule has 0 saturated heterocycles. The highest BCUT2D eigenvalue weighted by Crippen LogP contribution is 2.11. The molecule has 1 aromatic heterocycles. The minimum atomic E-state index is -0.452. The fourth-order valence-electron chi connectivity index (χ4n) is 1.71. The number of nitrogens with zero attached hydrogens (tertiary/aromatic N) is 2. The molecule has 0 saturated carbocycles. The fraction of sp³-hybridized carbons (Fsp3) is 0.143. The predicted octanol–water partition coefficient (Wildman–Crippen LogP) is 2.22. The zero-order valence-electron chi connectivity index (χ0n) is 9.85. The van der Waals surface area contributed by atoms with Crippen LogP contribution in [0, 0.1) is 24.1 Å². The highest BCUT2D eigenvalue weighted by Gasteiger charge is 2.05. The molecule has 0 aliphatic heterocycles. The quantitative estimate of drug-likeness (QED) is 0.810. The minimum absolute atomic E-state index is 0.136. The average Bonchev–Trinajstić information content (AvgIpc) is 2.34. The summed E-state index contributed by atoms with van der Waals surface area (Å²) in [6.07, 6.45) is 1.67. The van der Waals surface area contributed by atoms with Crippen LogP contribution in [0.25, 0.3) is 0 Å². The third kappa shape index (κ3) is 2.46. The Morgan fingerprint density at radius 2 is 2.11 bits per heavy atom. The van der Waals surface area contributed by atoms with Gasteiger partial charge in [0, 0.05) is 12.3 Å². The number of aromatic nitrogens is 1. The van der Waals surface area contributed by atoms with Crippen molar-refractivity contribution in [2.45, 2.75) is 13.5 Å². The molecule has 2 rings (SSSR count). The normalized spacial score (nSPS) is 10.1. The van der Waals surface area contributed by atoms with Crippen molar-refractivity contribution in [3.63, 3.8) is 0 Å². The molecule has 0 N–H and O–H groups in total. The Morgan fingerprint density at radius 1 is 1.33 bits per heavy atom. The molecule has 0 fully saturated rings. The van der Waals surface area contributed by atoms with Crippen molar-refractivity contribution in [2.24, 2.45) is 0 Å². The van der Waals surface area contributed by atoms with Crippen LogP contribution in [-0.4, -0.2) is 4.57 Å². The first-order valence-electron chi connectivity index (χ1n) is 5.46. The molecule has 4 heteroatoms. The summed E-state index contributed by atoms with van der Waals surface area (Å²) in [5, 5.41) is 8.93. The molecule has 0 radical (unpaired) electrons. The van der Waals surface area contributed by atoms with E-state index in [2.05, 4.69) is 0 Å². The molecule has 1 heterocycles. The van der Waals surface area contributed by atoms with E-state index in [0.29, 0.717) is 5.56 Å². The van der Waals surface area contributed by atoms with E-state index in [1.54, 1.807) is 6.20 Å². The summed E-state index contributed by atoms with van der Waals surface area (Å²) in [5.41, 5.74) is 1.63. The molecule has 0 unspecified atom stereocenters. The molecule has 1 aromatic carbocycles. The second-order valence-electron chi connectivity index (χ2n) is 4.08. The standard InChI is InChI=1S/C14H11FN2O/c1-10-4-5-17(14(18)6-10)9-11-2-3-13(15)7-12(11)8-16/h2-7H,9H2,1H3. The number of rotatable bonds is 2. The van der Waals surface area contributed by atoms with Crippen molar-refractivity contribution in [2.75, 3.05) is 0 Å². The topological polar surface area (TPSA) is 45.8 Å². The third-order valence-corrected chi connectivity index (χ3v) is 2.68. The van der Waals surface area contributed by atoms with E-state index >= 15 is 0 Å². The van der Waals surface area contributed by atoms with Gasteiger partial charge in [-0.1, -0.05) is 6.07 Å². The highest BCUT2D eigenvalue weighted by molar-refractivity contribution is 5.38. The summed E-state index contributed by atoms with van der Waals surface area (Å²) >= 11 is 0. The SMILES string of the molecule is Cc1ccn(Cc2ccc(F)cc2C#N)c(=O)c1. The predicted molar refractivity (Wildman–Crippen MR) is 65.7 cm³/mol. The number of hydrogen-bond acceptors (Lipinski definition) is 2. The van der Waals surface area contributed by atoms with Crippen molar-refractivity contribution in [3.05, 3.63) is 69.4 Å². The van der Waals surface area contributed by atoms with E-state index < -0.39 is 5.82 Å². The summed E-state index contributed by atoms with van der Waals surface area (Å²) in [4.78, 5) is 11.7. The van der Waals surface area contributed by atoms with Crippen LogP contribution >= 0.6 is 0 Å². The van der Waals surface area contributed by atoms with Gasteiger partial charge in [-0.05, 0) is 36.2 Å². The summed E-state index contributed by atoms with van der Waals surface area (Å²) in [5.74, 6) is -0.452. The number of benzene rings is 1. The largest absolute Gasteiger partial charge is 0.311 e. The summed E-state index contributed by atoms with van der Waals surface area (Å²) < 4.78 is 14.5. The Kier molecular flexibility index (Phi) is 3.24. The molecule has 0 spiro atoms. The van der Waals surface area contributed by atoms with E-state index in [9.17, 15) is 9.18 Å². The Balaban J connectivity index is 2.41. The first-order valence-corrected chi connectivity index (χ1v) is 5.46. The molecule has 0 amide bonds. The fourth-order valence-corrected chi connectivity index (χ4v) is 1.71. The lowest BCUT2D eigenvalue weighted by Gasteiger charge is -2.07. The maximum absolute atomic E-state index is 13.0. The Bertz CT molecular complexity index is 683. The highest BCUT2D eigenvalue weighted by atomic mass is 19.1. The van der Waals surface area contributed by atoms with E-state index in [1.807, 2.05) is 19.1 Å². The molecule has 18 heavy (non-hydrogen) atoms. The first-order chi connectivity index (χ1) is 8.60. The molecule has 0 bridgehead atoms. The monoisotopic (exact) mass is 242 g/mol. The van der Waals surface area contributed by atoms with Gasteiger partial charge in [0.2, 0.25) is 0 Å². The number of aryl methyl sites for hydroxylation is 1.